The van der Waals surface area contributed by atoms with E-state index in [1.807, 2.05) is 0 Å². The third kappa shape index (κ3) is 5.36. The Morgan fingerprint density at radius 1 is 1.14 bits per heavy atom. The van der Waals surface area contributed by atoms with E-state index < -0.39 is 0 Å². The lowest BCUT2D eigenvalue weighted by molar-refractivity contribution is 0.0314. The van der Waals surface area contributed by atoms with Crippen molar-refractivity contribution in [1.29, 1.82) is 0 Å². The van der Waals surface area contributed by atoms with E-state index in [9.17, 15) is 5.11 Å². The predicted molar refractivity (Wildman–Crippen MR) is 90.3 cm³/mol. The Balaban J connectivity index is 1.89. The molecule has 0 bridgehead atoms. The zero-order valence-electron chi connectivity index (χ0n) is 14.0. The van der Waals surface area contributed by atoms with Gasteiger partial charge in [-0.25, -0.2) is 0 Å². The third-order valence-corrected chi connectivity index (χ3v) is 4.43. The molecule has 0 atom stereocenters. The highest BCUT2D eigenvalue weighted by molar-refractivity contribution is 5.23. The topological polar surface area (TPSA) is 35.9 Å². The number of aliphatic hydroxyl groups excluding tert-OH is 1. The van der Waals surface area contributed by atoms with E-state index in [2.05, 4.69) is 54.0 Å². The van der Waals surface area contributed by atoms with Crippen molar-refractivity contribution in [3.8, 4) is 0 Å². The maximum Gasteiger partial charge on any atom is 0.0594 e. The standard InChI is InChI=1S/C18H30N2O2/c1-18(2,17-6-4-3-5-7-17)16-20(10-13-21)9-8-19-11-14-22-15-12-19/h3-7,21H,8-16H2,1-2H3. The van der Waals surface area contributed by atoms with Crippen molar-refractivity contribution >= 4 is 0 Å². The van der Waals surface area contributed by atoms with Gasteiger partial charge in [0.05, 0.1) is 19.8 Å². The molecule has 1 saturated heterocycles. The molecule has 0 aliphatic carbocycles. The van der Waals surface area contributed by atoms with E-state index >= 15 is 0 Å². The second-order valence-corrected chi connectivity index (χ2v) is 6.70. The molecule has 1 aliphatic rings. The Morgan fingerprint density at radius 3 is 2.45 bits per heavy atom. The van der Waals surface area contributed by atoms with Crippen molar-refractivity contribution in [1.82, 2.24) is 9.80 Å². The van der Waals surface area contributed by atoms with Gasteiger partial charge in [-0.2, -0.15) is 0 Å². The molecule has 124 valence electrons. The number of aliphatic hydroxyl groups is 1. The zero-order valence-corrected chi connectivity index (χ0v) is 14.0. The van der Waals surface area contributed by atoms with Crippen LogP contribution in [-0.2, 0) is 10.2 Å². The maximum absolute atomic E-state index is 9.37. The highest BCUT2D eigenvalue weighted by Crippen LogP contribution is 2.24. The fourth-order valence-electron chi connectivity index (χ4n) is 3.06. The van der Waals surface area contributed by atoms with Crippen LogP contribution in [0.5, 0.6) is 0 Å². The summed E-state index contributed by atoms with van der Waals surface area (Å²) in [6.45, 7) is 12.2. The quantitative estimate of drug-likeness (QED) is 0.791. The summed E-state index contributed by atoms with van der Waals surface area (Å²) in [4.78, 5) is 4.83. The van der Waals surface area contributed by atoms with Crippen molar-refractivity contribution in [2.45, 2.75) is 19.3 Å². The van der Waals surface area contributed by atoms with Crippen molar-refractivity contribution in [3.63, 3.8) is 0 Å². The second kappa shape index (κ2) is 8.63. The molecule has 1 N–H and O–H groups in total. The minimum absolute atomic E-state index is 0.0848. The summed E-state index contributed by atoms with van der Waals surface area (Å²) in [6.07, 6.45) is 0. The van der Waals surface area contributed by atoms with Crippen molar-refractivity contribution < 1.29 is 9.84 Å². The molecular formula is C18H30N2O2. The minimum Gasteiger partial charge on any atom is -0.395 e. The molecular weight excluding hydrogens is 276 g/mol. The second-order valence-electron chi connectivity index (χ2n) is 6.70. The Bertz CT molecular complexity index is 416. The molecule has 0 saturated carbocycles. The number of benzene rings is 1. The largest absolute Gasteiger partial charge is 0.395 e. The summed E-state index contributed by atoms with van der Waals surface area (Å²) in [5.74, 6) is 0. The van der Waals surface area contributed by atoms with Crippen LogP contribution in [0, 0.1) is 0 Å². The zero-order chi connectivity index (χ0) is 15.8. The van der Waals surface area contributed by atoms with Gasteiger partial charge in [0.2, 0.25) is 0 Å². The van der Waals surface area contributed by atoms with E-state index in [-0.39, 0.29) is 12.0 Å². The fourth-order valence-corrected chi connectivity index (χ4v) is 3.06. The summed E-state index contributed by atoms with van der Waals surface area (Å²) in [6, 6.07) is 10.6. The van der Waals surface area contributed by atoms with Gasteiger partial charge in [-0.1, -0.05) is 44.2 Å². The lowest BCUT2D eigenvalue weighted by Gasteiger charge is -2.35. The van der Waals surface area contributed by atoms with E-state index in [1.165, 1.54) is 5.56 Å². The molecule has 0 aromatic heterocycles. The smallest absolute Gasteiger partial charge is 0.0594 e. The summed E-state index contributed by atoms with van der Waals surface area (Å²) in [5, 5.41) is 9.37. The van der Waals surface area contributed by atoms with Gasteiger partial charge in [0.1, 0.15) is 0 Å². The van der Waals surface area contributed by atoms with Crippen LogP contribution in [0.1, 0.15) is 19.4 Å². The molecule has 1 aliphatic heterocycles. The third-order valence-electron chi connectivity index (χ3n) is 4.43. The lowest BCUT2D eigenvalue weighted by Crippen LogP contribution is -2.45. The molecule has 4 heteroatoms. The normalized spacial score (nSPS) is 17.1. The number of nitrogens with zero attached hydrogens (tertiary/aromatic N) is 2. The monoisotopic (exact) mass is 306 g/mol. The summed E-state index contributed by atoms with van der Waals surface area (Å²) >= 11 is 0. The maximum atomic E-state index is 9.37. The van der Waals surface area contributed by atoms with Gasteiger partial charge < -0.3 is 9.84 Å². The van der Waals surface area contributed by atoms with Crippen LogP contribution in [0.2, 0.25) is 0 Å². The molecule has 0 amide bonds. The molecule has 1 aromatic carbocycles. The Kier molecular flexibility index (Phi) is 6.83. The van der Waals surface area contributed by atoms with E-state index in [0.717, 1.165) is 52.5 Å². The highest BCUT2D eigenvalue weighted by Gasteiger charge is 2.24. The van der Waals surface area contributed by atoms with Crippen LogP contribution in [0.25, 0.3) is 0 Å². The molecule has 22 heavy (non-hydrogen) atoms. The number of ether oxygens (including phenoxy) is 1. The highest BCUT2D eigenvalue weighted by atomic mass is 16.5. The molecule has 1 aromatic rings. The minimum atomic E-state index is 0.0848. The van der Waals surface area contributed by atoms with Crippen LogP contribution >= 0.6 is 0 Å². The van der Waals surface area contributed by atoms with Gasteiger partial charge in [0.15, 0.2) is 0 Å². The average Bonchev–Trinajstić information content (AvgIpc) is 2.54. The average molecular weight is 306 g/mol. The van der Waals surface area contributed by atoms with Crippen LogP contribution in [0.15, 0.2) is 30.3 Å². The summed E-state index contributed by atoms with van der Waals surface area (Å²) < 4.78 is 5.40. The molecule has 1 heterocycles. The van der Waals surface area contributed by atoms with Crippen molar-refractivity contribution in [2.24, 2.45) is 0 Å². The van der Waals surface area contributed by atoms with Gasteiger partial charge >= 0.3 is 0 Å². The van der Waals surface area contributed by atoms with Crippen molar-refractivity contribution in [2.75, 3.05) is 59.1 Å². The van der Waals surface area contributed by atoms with E-state index in [1.54, 1.807) is 0 Å². The van der Waals surface area contributed by atoms with Crippen LogP contribution in [0.3, 0.4) is 0 Å². The van der Waals surface area contributed by atoms with Crippen LogP contribution in [-0.4, -0.2) is 74.0 Å². The van der Waals surface area contributed by atoms with Crippen molar-refractivity contribution in [3.05, 3.63) is 35.9 Å². The van der Waals surface area contributed by atoms with E-state index in [0.29, 0.717) is 0 Å². The molecule has 0 spiro atoms. The van der Waals surface area contributed by atoms with Gasteiger partial charge in [0.25, 0.3) is 0 Å². The fraction of sp³-hybridized carbons (Fsp3) is 0.667. The van der Waals surface area contributed by atoms with Crippen LogP contribution < -0.4 is 0 Å². The summed E-state index contributed by atoms with van der Waals surface area (Å²) in [5.41, 5.74) is 1.44. The molecule has 0 radical (unpaired) electrons. The summed E-state index contributed by atoms with van der Waals surface area (Å²) in [7, 11) is 0. The molecule has 1 fully saturated rings. The predicted octanol–water partition coefficient (Wildman–Crippen LogP) is 1.59. The first-order valence-corrected chi connectivity index (χ1v) is 8.31. The van der Waals surface area contributed by atoms with E-state index in [4.69, 9.17) is 4.74 Å². The van der Waals surface area contributed by atoms with Gasteiger partial charge in [0, 0.05) is 44.7 Å². The first kappa shape index (κ1) is 17.4. The first-order chi connectivity index (χ1) is 10.6. The number of hydrogen-bond acceptors (Lipinski definition) is 4. The number of morpholine rings is 1. The van der Waals surface area contributed by atoms with Gasteiger partial charge in [-0.05, 0) is 5.56 Å². The van der Waals surface area contributed by atoms with Gasteiger partial charge in [-0.3, -0.25) is 9.80 Å². The Hall–Kier alpha value is -0.940. The Labute approximate surface area is 134 Å². The SMILES string of the molecule is CC(C)(CN(CCO)CCN1CCOCC1)c1ccccc1. The first-order valence-electron chi connectivity index (χ1n) is 8.31. The number of rotatable bonds is 8. The molecule has 4 nitrogen and oxygen atoms in total. The van der Waals surface area contributed by atoms with Gasteiger partial charge in [-0.15, -0.1) is 0 Å². The lowest BCUT2D eigenvalue weighted by atomic mass is 9.84. The Morgan fingerprint density at radius 2 is 1.82 bits per heavy atom. The van der Waals surface area contributed by atoms with Crippen LogP contribution in [0.4, 0.5) is 0 Å². The molecule has 2 rings (SSSR count). The number of hydrogen-bond donors (Lipinski definition) is 1. The molecule has 0 unspecified atom stereocenters.